The maximum Gasteiger partial charge on any atom is 0.261 e. The topological polar surface area (TPSA) is 86.7 Å². The van der Waals surface area contributed by atoms with Crippen LogP contribution in [0.4, 0.5) is 4.39 Å². The molecular weight excluding hydrogens is 255 g/mol. The van der Waals surface area contributed by atoms with Crippen molar-refractivity contribution in [3.05, 3.63) is 29.6 Å². The van der Waals surface area contributed by atoms with E-state index in [4.69, 9.17) is 0 Å². The average molecular weight is 266 g/mol. The highest BCUT2D eigenvalue weighted by molar-refractivity contribution is 6.07. The number of carbonyl (C=O) groups is 3. The Morgan fingerprint density at radius 1 is 1.47 bits per heavy atom. The van der Waals surface area contributed by atoms with Gasteiger partial charge in [0.1, 0.15) is 29.7 Å². The highest BCUT2D eigenvalue weighted by atomic mass is 19.1. The summed E-state index contributed by atoms with van der Waals surface area (Å²) in [7, 11) is 0. The minimum Gasteiger partial charge on any atom is -0.507 e. The summed E-state index contributed by atoms with van der Waals surface area (Å²) in [6.07, 6.45) is 0. The first-order chi connectivity index (χ1) is 8.91. The number of halogens is 1. The van der Waals surface area contributed by atoms with Crippen molar-refractivity contribution in [2.75, 3.05) is 6.54 Å². The Balaban J connectivity index is 2.38. The van der Waals surface area contributed by atoms with Crippen molar-refractivity contribution in [1.29, 1.82) is 0 Å². The summed E-state index contributed by atoms with van der Waals surface area (Å²) >= 11 is 0. The van der Waals surface area contributed by atoms with Gasteiger partial charge in [-0.15, -0.1) is 0 Å². The van der Waals surface area contributed by atoms with Crippen LogP contribution in [0.5, 0.6) is 5.75 Å². The van der Waals surface area contributed by atoms with Crippen LogP contribution in [0.15, 0.2) is 18.2 Å². The van der Waals surface area contributed by atoms with Gasteiger partial charge in [0, 0.05) is 0 Å². The first kappa shape index (κ1) is 13.0. The van der Waals surface area contributed by atoms with Crippen LogP contribution in [0.1, 0.15) is 17.3 Å². The molecule has 1 aromatic rings. The lowest BCUT2D eigenvalue weighted by Gasteiger charge is -2.31. The molecule has 1 atom stereocenters. The van der Waals surface area contributed by atoms with Gasteiger partial charge >= 0.3 is 0 Å². The first-order valence-electron chi connectivity index (χ1n) is 5.54. The Morgan fingerprint density at radius 2 is 2.16 bits per heavy atom. The molecule has 1 fully saturated rings. The molecule has 1 aliphatic heterocycles. The highest BCUT2D eigenvalue weighted by Crippen LogP contribution is 2.23. The SMILES string of the molecule is CC1C(=O)NC(=O)CN1C(=O)c1c(O)cccc1F. The second-order valence-corrected chi connectivity index (χ2v) is 4.16. The van der Waals surface area contributed by atoms with Crippen molar-refractivity contribution in [2.24, 2.45) is 0 Å². The zero-order valence-electron chi connectivity index (χ0n) is 10.0. The Morgan fingerprint density at radius 3 is 2.79 bits per heavy atom. The van der Waals surface area contributed by atoms with E-state index in [-0.39, 0.29) is 6.54 Å². The Bertz CT molecular complexity index is 553. The number of rotatable bonds is 1. The van der Waals surface area contributed by atoms with Crippen LogP contribution in [0.3, 0.4) is 0 Å². The minimum atomic E-state index is -0.913. The molecule has 0 aromatic heterocycles. The van der Waals surface area contributed by atoms with Crippen molar-refractivity contribution >= 4 is 17.7 Å². The van der Waals surface area contributed by atoms with Crippen molar-refractivity contribution in [2.45, 2.75) is 13.0 Å². The summed E-state index contributed by atoms with van der Waals surface area (Å²) in [6.45, 7) is 1.05. The van der Waals surface area contributed by atoms with Crippen molar-refractivity contribution in [1.82, 2.24) is 10.2 Å². The number of carbonyl (C=O) groups excluding carboxylic acids is 3. The monoisotopic (exact) mass is 266 g/mol. The summed E-state index contributed by atoms with van der Waals surface area (Å²) in [5.74, 6) is -3.62. The fourth-order valence-corrected chi connectivity index (χ4v) is 1.83. The molecule has 0 spiro atoms. The van der Waals surface area contributed by atoms with Crippen LogP contribution in [0.2, 0.25) is 0 Å². The molecule has 2 rings (SSSR count). The van der Waals surface area contributed by atoms with Crippen LogP contribution in [-0.2, 0) is 9.59 Å². The molecule has 1 unspecified atom stereocenters. The number of phenols is 1. The van der Waals surface area contributed by atoms with Crippen molar-refractivity contribution < 1.29 is 23.9 Å². The van der Waals surface area contributed by atoms with E-state index in [9.17, 15) is 23.9 Å². The van der Waals surface area contributed by atoms with E-state index in [0.717, 1.165) is 17.0 Å². The first-order valence-corrected chi connectivity index (χ1v) is 5.54. The molecule has 1 saturated heterocycles. The Kier molecular flexibility index (Phi) is 3.20. The van der Waals surface area contributed by atoms with Gasteiger partial charge in [-0.2, -0.15) is 0 Å². The van der Waals surface area contributed by atoms with Gasteiger partial charge in [0.2, 0.25) is 11.8 Å². The van der Waals surface area contributed by atoms with E-state index in [0.29, 0.717) is 0 Å². The molecule has 2 N–H and O–H groups in total. The number of piperazine rings is 1. The Labute approximate surface area is 107 Å². The van der Waals surface area contributed by atoms with Crippen LogP contribution in [-0.4, -0.2) is 40.3 Å². The number of nitrogens with one attached hydrogen (secondary N) is 1. The average Bonchev–Trinajstić information content (AvgIpc) is 2.33. The summed E-state index contributed by atoms with van der Waals surface area (Å²) in [4.78, 5) is 35.7. The maximum absolute atomic E-state index is 13.6. The number of imide groups is 1. The number of hydrogen-bond acceptors (Lipinski definition) is 4. The van der Waals surface area contributed by atoms with Gasteiger partial charge in [0.25, 0.3) is 5.91 Å². The molecule has 1 heterocycles. The molecule has 1 aliphatic rings. The molecule has 19 heavy (non-hydrogen) atoms. The van der Waals surface area contributed by atoms with Gasteiger partial charge in [-0.05, 0) is 19.1 Å². The van der Waals surface area contributed by atoms with Crippen molar-refractivity contribution in [3.63, 3.8) is 0 Å². The largest absolute Gasteiger partial charge is 0.507 e. The summed E-state index contributed by atoms with van der Waals surface area (Å²) < 4.78 is 13.6. The third kappa shape index (κ3) is 2.26. The zero-order chi connectivity index (χ0) is 14.2. The summed E-state index contributed by atoms with van der Waals surface area (Å²) in [5.41, 5.74) is -0.545. The number of aromatic hydroxyl groups is 1. The second-order valence-electron chi connectivity index (χ2n) is 4.16. The lowest BCUT2D eigenvalue weighted by Crippen LogP contribution is -2.58. The normalized spacial score (nSPS) is 19.3. The standard InChI is InChI=1S/C12H11FN2O4/c1-6-11(18)14-9(17)5-15(6)12(19)10-7(13)3-2-4-8(10)16/h2-4,6,16H,5H2,1H3,(H,14,17,18). The lowest BCUT2D eigenvalue weighted by atomic mass is 10.1. The fraction of sp³-hybridized carbons (Fsp3) is 0.250. The van der Waals surface area contributed by atoms with Gasteiger partial charge < -0.3 is 10.0 Å². The number of amides is 3. The molecular formula is C12H11FN2O4. The Hall–Kier alpha value is -2.44. The molecule has 0 radical (unpaired) electrons. The molecule has 1 aromatic carbocycles. The van der Waals surface area contributed by atoms with E-state index in [1.807, 2.05) is 0 Å². The van der Waals surface area contributed by atoms with Gasteiger partial charge in [-0.3, -0.25) is 19.7 Å². The molecule has 0 saturated carbocycles. The van der Waals surface area contributed by atoms with E-state index in [1.165, 1.54) is 13.0 Å². The third-order valence-corrected chi connectivity index (χ3v) is 2.89. The van der Waals surface area contributed by atoms with Crippen LogP contribution in [0, 0.1) is 5.82 Å². The molecule has 6 nitrogen and oxygen atoms in total. The molecule has 3 amide bonds. The summed E-state index contributed by atoms with van der Waals surface area (Å²) in [6, 6.07) is 2.51. The van der Waals surface area contributed by atoms with Crippen molar-refractivity contribution in [3.8, 4) is 5.75 Å². The number of phenolic OH excluding ortho intramolecular Hbond substituents is 1. The smallest absolute Gasteiger partial charge is 0.261 e. The van der Waals surface area contributed by atoms with E-state index >= 15 is 0 Å². The maximum atomic E-state index is 13.6. The van der Waals surface area contributed by atoms with Crippen LogP contribution >= 0.6 is 0 Å². The second kappa shape index (κ2) is 4.68. The quantitative estimate of drug-likeness (QED) is 0.701. The predicted molar refractivity (Wildman–Crippen MR) is 61.7 cm³/mol. The van der Waals surface area contributed by atoms with Crippen LogP contribution in [0.25, 0.3) is 0 Å². The number of benzene rings is 1. The zero-order valence-corrected chi connectivity index (χ0v) is 10.0. The third-order valence-electron chi connectivity index (χ3n) is 2.89. The molecule has 0 aliphatic carbocycles. The van der Waals surface area contributed by atoms with E-state index < -0.39 is 40.9 Å². The summed E-state index contributed by atoms with van der Waals surface area (Å²) in [5, 5.41) is 11.6. The van der Waals surface area contributed by atoms with Gasteiger partial charge in [-0.1, -0.05) is 6.07 Å². The van der Waals surface area contributed by atoms with Gasteiger partial charge in [-0.25, -0.2) is 4.39 Å². The lowest BCUT2D eigenvalue weighted by molar-refractivity contribution is -0.138. The number of hydrogen-bond donors (Lipinski definition) is 2. The van der Waals surface area contributed by atoms with E-state index in [2.05, 4.69) is 5.32 Å². The highest BCUT2D eigenvalue weighted by Gasteiger charge is 2.35. The molecule has 0 bridgehead atoms. The molecule has 7 heteroatoms. The van der Waals surface area contributed by atoms with Gasteiger partial charge in [0.05, 0.1) is 0 Å². The van der Waals surface area contributed by atoms with Crippen LogP contribution < -0.4 is 5.32 Å². The minimum absolute atomic E-state index is 0.362. The van der Waals surface area contributed by atoms with E-state index in [1.54, 1.807) is 0 Å². The fourth-order valence-electron chi connectivity index (χ4n) is 1.83. The molecule has 100 valence electrons. The number of nitrogens with zero attached hydrogens (tertiary/aromatic N) is 1. The van der Waals surface area contributed by atoms with Gasteiger partial charge in [0.15, 0.2) is 0 Å². The predicted octanol–water partition coefficient (Wildman–Crippen LogP) is 0.0184.